The second-order valence-electron chi connectivity index (χ2n) is 5.00. The standard InChI is InChI=1S/C13H21N3O/c1-2-5-16-11-12(14-13(16)3-1)4-6-15-7-9-17-10-8-15/h11H,1-10H2. The zero-order valence-corrected chi connectivity index (χ0v) is 10.4. The van der Waals surface area contributed by atoms with Crippen LogP contribution < -0.4 is 0 Å². The summed E-state index contributed by atoms with van der Waals surface area (Å²) >= 11 is 0. The van der Waals surface area contributed by atoms with E-state index in [0.29, 0.717) is 0 Å². The fourth-order valence-electron chi connectivity index (χ4n) is 2.69. The number of hydrogen-bond donors (Lipinski definition) is 0. The number of fused-ring (bicyclic) bond motifs is 1. The van der Waals surface area contributed by atoms with Gasteiger partial charge in [0.1, 0.15) is 5.82 Å². The molecule has 0 aromatic carbocycles. The number of morpholine rings is 1. The Balaban J connectivity index is 1.55. The van der Waals surface area contributed by atoms with E-state index in [1.54, 1.807) is 0 Å². The molecule has 4 heteroatoms. The molecule has 1 fully saturated rings. The van der Waals surface area contributed by atoms with Crippen LogP contribution in [0, 0.1) is 0 Å². The normalized spacial score (nSPS) is 21.4. The molecule has 1 saturated heterocycles. The summed E-state index contributed by atoms with van der Waals surface area (Å²) in [6, 6.07) is 0. The Morgan fingerprint density at radius 2 is 2.06 bits per heavy atom. The van der Waals surface area contributed by atoms with Crippen LogP contribution in [0.15, 0.2) is 6.20 Å². The number of hydrogen-bond acceptors (Lipinski definition) is 3. The Bertz CT molecular complexity index is 345. The first-order chi connectivity index (χ1) is 8.42. The molecule has 1 aromatic heterocycles. The Morgan fingerprint density at radius 1 is 1.18 bits per heavy atom. The molecule has 17 heavy (non-hydrogen) atoms. The lowest BCUT2D eigenvalue weighted by atomic mass is 10.2. The number of rotatable bonds is 3. The van der Waals surface area contributed by atoms with Crippen LogP contribution in [0.4, 0.5) is 0 Å². The average Bonchev–Trinajstić information content (AvgIpc) is 2.80. The van der Waals surface area contributed by atoms with E-state index in [9.17, 15) is 0 Å². The lowest BCUT2D eigenvalue weighted by Gasteiger charge is -2.26. The van der Waals surface area contributed by atoms with Crippen molar-refractivity contribution < 1.29 is 4.74 Å². The van der Waals surface area contributed by atoms with Gasteiger partial charge in [0.15, 0.2) is 0 Å². The van der Waals surface area contributed by atoms with Gasteiger partial charge in [-0.15, -0.1) is 0 Å². The molecule has 0 N–H and O–H groups in total. The molecule has 0 bridgehead atoms. The van der Waals surface area contributed by atoms with Crippen LogP contribution in [-0.4, -0.2) is 47.3 Å². The van der Waals surface area contributed by atoms with E-state index in [1.807, 2.05) is 0 Å². The molecule has 94 valence electrons. The molecule has 0 spiro atoms. The predicted molar refractivity (Wildman–Crippen MR) is 66.1 cm³/mol. The predicted octanol–water partition coefficient (Wildman–Crippen LogP) is 1.09. The van der Waals surface area contributed by atoms with Crippen LogP contribution in [0.1, 0.15) is 24.4 Å². The fourth-order valence-corrected chi connectivity index (χ4v) is 2.69. The van der Waals surface area contributed by atoms with Crippen LogP contribution in [-0.2, 0) is 24.1 Å². The third-order valence-electron chi connectivity index (χ3n) is 3.75. The second-order valence-corrected chi connectivity index (χ2v) is 5.00. The van der Waals surface area contributed by atoms with Gasteiger partial charge >= 0.3 is 0 Å². The summed E-state index contributed by atoms with van der Waals surface area (Å²) in [7, 11) is 0. The summed E-state index contributed by atoms with van der Waals surface area (Å²) < 4.78 is 7.70. The van der Waals surface area contributed by atoms with Crippen molar-refractivity contribution in [3.05, 3.63) is 17.7 Å². The fraction of sp³-hybridized carbons (Fsp3) is 0.769. The summed E-state index contributed by atoms with van der Waals surface area (Å²) in [5, 5.41) is 0. The van der Waals surface area contributed by atoms with Gasteiger partial charge in [0.25, 0.3) is 0 Å². The highest BCUT2D eigenvalue weighted by molar-refractivity contribution is 5.06. The SMILES string of the molecule is c1c(CCN2CCOCC2)nc2n1CCCC2. The van der Waals surface area contributed by atoms with Gasteiger partial charge in [-0.05, 0) is 12.8 Å². The van der Waals surface area contributed by atoms with Gasteiger partial charge in [-0.25, -0.2) is 4.98 Å². The Kier molecular flexibility index (Phi) is 3.43. The molecular weight excluding hydrogens is 214 g/mol. The van der Waals surface area contributed by atoms with Crippen molar-refractivity contribution in [2.45, 2.75) is 32.2 Å². The maximum atomic E-state index is 5.36. The number of imidazole rings is 1. The topological polar surface area (TPSA) is 30.3 Å². The van der Waals surface area contributed by atoms with E-state index < -0.39 is 0 Å². The van der Waals surface area contributed by atoms with Crippen molar-refractivity contribution in [3.63, 3.8) is 0 Å². The van der Waals surface area contributed by atoms with Gasteiger partial charge < -0.3 is 9.30 Å². The summed E-state index contributed by atoms with van der Waals surface area (Å²) in [6.45, 7) is 6.22. The summed E-state index contributed by atoms with van der Waals surface area (Å²) in [5.74, 6) is 1.30. The van der Waals surface area contributed by atoms with Crippen molar-refractivity contribution >= 4 is 0 Å². The summed E-state index contributed by atoms with van der Waals surface area (Å²) in [6.07, 6.45) is 7.12. The van der Waals surface area contributed by atoms with Crippen molar-refractivity contribution in [2.75, 3.05) is 32.8 Å². The molecule has 0 aliphatic carbocycles. The van der Waals surface area contributed by atoms with Crippen molar-refractivity contribution in [2.24, 2.45) is 0 Å². The summed E-state index contributed by atoms with van der Waals surface area (Å²) in [4.78, 5) is 7.21. The Morgan fingerprint density at radius 3 is 2.88 bits per heavy atom. The van der Waals surface area contributed by atoms with Crippen LogP contribution in [0.2, 0.25) is 0 Å². The molecule has 0 radical (unpaired) electrons. The number of aromatic nitrogens is 2. The average molecular weight is 235 g/mol. The highest BCUT2D eigenvalue weighted by atomic mass is 16.5. The van der Waals surface area contributed by atoms with E-state index in [-0.39, 0.29) is 0 Å². The molecule has 3 heterocycles. The van der Waals surface area contributed by atoms with Gasteiger partial charge in [0, 0.05) is 45.2 Å². The largest absolute Gasteiger partial charge is 0.379 e. The zero-order valence-electron chi connectivity index (χ0n) is 10.4. The van der Waals surface area contributed by atoms with Gasteiger partial charge in [0.2, 0.25) is 0 Å². The molecule has 0 saturated carbocycles. The quantitative estimate of drug-likeness (QED) is 0.786. The van der Waals surface area contributed by atoms with E-state index in [2.05, 4.69) is 15.7 Å². The monoisotopic (exact) mass is 235 g/mol. The molecule has 2 aliphatic heterocycles. The Labute approximate surface area is 103 Å². The molecule has 4 nitrogen and oxygen atoms in total. The third kappa shape index (κ3) is 2.69. The van der Waals surface area contributed by atoms with E-state index in [0.717, 1.165) is 45.7 Å². The molecule has 2 aliphatic rings. The van der Waals surface area contributed by atoms with Gasteiger partial charge in [-0.2, -0.15) is 0 Å². The number of aryl methyl sites for hydroxylation is 2. The maximum Gasteiger partial charge on any atom is 0.108 e. The van der Waals surface area contributed by atoms with Crippen LogP contribution >= 0.6 is 0 Å². The highest BCUT2D eigenvalue weighted by Gasteiger charge is 2.14. The van der Waals surface area contributed by atoms with Gasteiger partial charge in [-0.1, -0.05) is 0 Å². The summed E-state index contributed by atoms with van der Waals surface area (Å²) in [5.41, 5.74) is 1.27. The minimum Gasteiger partial charge on any atom is -0.379 e. The van der Waals surface area contributed by atoms with Gasteiger partial charge in [-0.3, -0.25) is 4.90 Å². The number of ether oxygens (including phenoxy) is 1. The van der Waals surface area contributed by atoms with Crippen molar-refractivity contribution in [3.8, 4) is 0 Å². The first-order valence-corrected chi connectivity index (χ1v) is 6.77. The zero-order chi connectivity index (χ0) is 11.5. The second kappa shape index (κ2) is 5.19. The first kappa shape index (κ1) is 11.2. The highest BCUT2D eigenvalue weighted by Crippen LogP contribution is 2.15. The minimum atomic E-state index is 0.889. The van der Waals surface area contributed by atoms with Crippen molar-refractivity contribution in [1.82, 2.24) is 14.5 Å². The molecule has 0 unspecified atom stereocenters. The van der Waals surface area contributed by atoms with Crippen LogP contribution in [0.5, 0.6) is 0 Å². The number of nitrogens with zero attached hydrogens (tertiary/aromatic N) is 3. The van der Waals surface area contributed by atoms with Crippen LogP contribution in [0.3, 0.4) is 0 Å². The van der Waals surface area contributed by atoms with E-state index in [4.69, 9.17) is 9.72 Å². The van der Waals surface area contributed by atoms with Crippen molar-refractivity contribution in [1.29, 1.82) is 0 Å². The molecule has 1 aromatic rings. The first-order valence-electron chi connectivity index (χ1n) is 6.77. The third-order valence-corrected chi connectivity index (χ3v) is 3.75. The van der Waals surface area contributed by atoms with Gasteiger partial charge in [0.05, 0.1) is 18.9 Å². The molecule has 0 atom stereocenters. The molecule has 3 rings (SSSR count). The lowest BCUT2D eigenvalue weighted by molar-refractivity contribution is 0.0383. The molecular formula is C13H21N3O. The minimum absolute atomic E-state index is 0.889. The molecule has 0 amide bonds. The smallest absolute Gasteiger partial charge is 0.108 e. The van der Waals surface area contributed by atoms with E-state index >= 15 is 0 Å². The lowest BCUT2D eigenvalue weighted by Crippen LogP contribution is -2.37. The van der Waals surface area contributed by atoms with E-state index in [1.165, 1.54) is 30.9 Å². The maximum absolute atomic E-state index is 5.36. The van der Waals surface area contributed by atoms with Crippen LogP contribution in [0.25, 0.3) is 0 Å². The Hall–Kier alpha value is -0.870.